The fourth-order valence-electron chi connectivity index (χ4n) is 0.824. The molecule has 6 heteroatoms. The molecular formula is C7H6F2N4. The number of rotatable bonds is 1. The van der Waals surface area contributed by atoms with Crippen molar-refractivity contribution in [3.8, 4) is 6.07 Å². The second kappa shape index (κ2) is 3.23. The molecule has 4 N–H and O–H groups in total. The molecule has 0 aliphatic rings. The zero-order chi connectivity index (χ0) is 10.0. The van der Waals surface area contributed by atoms with Gasteiger partial charge in [0.25, 0.3) is 6.43 Å². The van der Waals surface area contributed by atoms with Gasteiger partial charge >= 0.3 is 0 Å². The minimum absolute atomic E-state index is 0.00407. The summed E-state index contributed by atoms with van der Waals surface area (Å²) >= 11 is 0. The van der Waals surface area contributed by atoms with E-state index in [0.717, 1.165) is 6.07 Å². The topological polar surface area (TPSA) is 88.7 Å². The van der Waals surface area contributed by atoms with E-state index in [1.54, 1.807) is 6.07 Å². The number of nitrogen functional groups attached to an aromatic ring is 2. The van der Waals surface area contributed by atoms with Crippen molar-refractivity contribution >= 4 is 11.4 Å². The lowest BCUT2D eigenvalue weighted by Gasteiger charge is -2.05. The summed E-state index contributed by atoms with van der Waals surface area (Å²) in [6.07, 6.45) is -2.80. The summed E-state index contributed by atoms with van der Waals surface area (Å²) in [6, 6.07) is 2.70. The van der Waals surface area contributed by atoms with Crippen LogP contribution in [0.3, 0.4) is 0 Å². The summed E-state index contributed by atoms with van der Waals surface area (Å²) in [5, 5.41) is 8.44. The van der Waals surface area contributed by atoms with Crippen LogP contribution in [-0.4, -0.2) is 4.98 Å². The lowest BCUT2D eigenvalue weighted by molar-refractivity contribution is 0.147. The molecule has 1 aromatic heterocycles. The molecule has 0 radical (unpaired) electrons. The van der Waals surface area contributed by atoms with Gasteiger partial charge in [0.2, 0.25) is 0 Å². The molecule has 0 unspecified atom stereocenters. The maximum atomic E-state index is 12.2. The van der Waals surface area contributed by atoms with E-state index in [4.69, 9.17) is 16.7 Å². The number of anilines is 2. The van der Waals surface area contributed by atoms with Gasteiger partial charge in [-0.15, -0.1) is 0 Å². The van der Waals surface area contributed by atoms with E-state index in [-0.39, 0.29) is 17.1 Å². The van der Waals surface area contributed by atoms with Gasteiger partial charge in [-0.25, -0.2) is 13.8 Å². The largest absolute Gasteiger partial charge is 0.397 e. The number of alkyl halides is 2. The Hall–Kier alpha value is -1.90. The molecule has 13 heavy (non-hydrogen) atoms. The number of pyridine rings is 1. The Balaban J connectivity index is 3.33. The highest BCUT2D eigenvalue weighted by molar-refractivity contribution is 5.60. The zero-order valence-electron chi connectivity index (χ0n) is 6.46. The first-order valence-electron chi connectivity index (χ1n) is 3.30. The van der Waals surface area contributed by atoms with Crippen LogP contribution in [0.4, 0.5) is 20.2 Å². The lowest BCUT2D eigenvalue weighted by Crippen LogP contribution is -2.03. The molecule has 1 aromatic rings. The maximum Gasteiger partial charge on any atom is 0.282 e. The Labute approximate surface area is 72.8 Å². The van der Waals surface area contributed by atoms with E-state index < -0.39 is 12.1 Å². The number of aromatic nitrogens is 1. The molecule has 0 aliphatic heterocycles. The third kappa shape index (κ3) is 1.64. The molecular weight excluding hydrogens is 178 g/mol. The van der Waals surface area contributed by atoms with Gasteiger partial charge in [-0.05, 0) is 6.07 Å². The van der Waals surface area contributed by atoms with Crippen LogP contribution < -0.4 is 11.5 Å². The SMILES string of the molecule is N#Cc1nc(C(F)F)c(N)cc1N. The summed E-state index contributed by atoms with van der Waals surface area (Å²) in [5.41, 5.74) is 9.47. The molecule has 0 bridgehead atoms. The summed E-state index contributed by atoms with van der Waals surface area (Å²) in [5.74, 6) is 0. The fourth-order valence-corrected chi connectivity index (χ4v) is 0.824. The third-order valence-electron chi connectivity index (χ3n) is 1.43. The minimum atomic E-state index is -2.80. The van der Waals surface area contributed by atoms with Gasteiger partial charge in [0.1, 0.15) is 11.8 Å². The van der Waals surface area contributed by atoms with Crippen molar-refractivity contribution in [3.05, 3.63) is 17.5 Å². The quantitative estimate of drug-likeness (QED) is 0.682. The lowest BCUT2D eigenvalue weighted by atomic mass is 10.2. The Morgan fingerprint density at radius 2 is 2.00 bits per heavy atom. The summed E-state index contributed by atoms with van der Waals surface area (Å²) in [6.45, 7) is 0. The van der Waals surface area contributed by atoms with Crippen molar-refractivity contribution in [1.82, 2.24) is 4.98 Å². The van der Waals surface area contributed by atoms with Crippen molar-refractivity contribution in [2.45, 2.75) is 6.43 Å². The highest BCUT2D eigenvalue weighted by Gasteiger charge is 2.15. The number of nitriles is 1. The first-order valence-corrected chi connectivity index (χ1v) is 3.30. The fraction of sp³-hybridized carbons (Fsp3) is 0.143. The second-order valence-corrected chi connectivity index (χ2v) is 2.31. The van der Waals surface area contributed by atoms with Crippen molar-refractivity contribution in [2.24, 2.45) is 0 Å². The number of nitrogens with zero attached hydrogens (tertiary/aromatic N) is 2. The van der Waals surface area contributed by atoms with Crippen molar-refractivity contribution < 1.29 is 8.78 Å². The molecule has 0 aromatic carbocycles. The van der Waals surface area contributed by atoms with E-state index in [1.807, 2.05) is 0 Å². The van der Waals surface area contributed by atoms with Crippen LogP contribution in [0.15, 0.2) is 6.07 Å². The Morgan fingerprint density at radius 3 is 2.46 bits per heavy atom. The van der Waals surface area contributed by atoms with Crippen molar-refractivity contribution in [1.29, 1.82) is 5.26 Å². The summed E-state index contributed by atoms with van der Waals surface area (Å²) < 4.78 is 24.4. The van der Waals surface area contributed by atoms with Gasteiger partial charge in [-0.3, -0.25) is 0 Å². The van der Waals surface area contributed by atoms with Crippen LogP contribution in [0.1, 0.15) is 17.8 Å². The van der Waals surface area contributed by atoms with Gasteiger partial charge < -0.3 is 11.5 Å². The molecule has 1 heterocycles. The molecule has 4 nitrogen and oxygen atoms in total. The predicted octanol–water partition coefficient (Wildman–Crippen LogP) is 1.06. The van der Waals surface area contributed by atoms with E-state index in [2.05, 4.69) is 4.98 Å². The molecule has 0 saturated heterocycles. The molecule has 0 saturated carbocycles. The Kier molecular flexibility index (Phi) is 2.28. The average molecular weight is 184 g/mol. The smallest absolute Gasteiger partial charge is 0.282 e. The molecule has 0 spiro atoms. The van der Waals surface area contributed by atoms with E-state index in [1.165, 1.54) is 0 Å². The number of hydrogen-bond acceptors (Lipinski definition) is 4. The third-order valence-corrected chi connectivity index (χ3v) is 1.43. The van der Waals surface area contributed by atoms with Crippen LogP contribution in [0, 0.1) is 11.3 Å². The van der Waals surface area contributed by atoms with Gasteiger partial charge in [-0.2, -0.15) is 5.26 Å². The molecule has 0 fully saturated rings. The van der Waals surface area contributed by atoms with Gasteiger partial charge in [0.05, 0.1) is 11.4 Å². The zero-order valence-corrected chi connectivity index (χ0v) is 6.46. The van der Waals surface area contributed by atoms with Gasteiger partial charge in [0, 0.05) is 0 Å². The summed E-state index contributed by atoms with van der Waals surface area (Å²) in [4.78, 5) is 3.33. The number of halogens is 2. The first-order chi connectivity index (χ1) is 6.06. The summed E-state index contributed by atoms with van der Waals surface area (Å²) in [7, 11) is 0. The van der Waals surface area contributed by atoms with Crippen molar-refractivity contribution in [3.63, 3.8) is 0 Å². The van der Waals surface area contributed by atoms with E-state index >= 15 is 0 Å². The molecule has 0 aliphatic carbocycles. The predicted molar refractivity (Wildman–Crippen MR) is 42.7 cm³/mol. The molecule has 1 rings (SSSR count). The number of hydrogen-bond donors (Lipinski definition) is 2. The van der Waals surface area contributed by atoms with Crippen LogP contribution in [0.2, 0.25) is 0 Å². The average Bonchev–Trinajstić information content (AvgIpc) is 2.03. The normalized spacial score (nSPS) is 10.0. The highest BCUT2D eigenvalue weighted by Crippen LogP contribution is 2.25. The van der Waals surface area contributed by atoms with Gasteiger partial charge in [0.15, 0.2) is 5.69 Å². The minimum Gasteiger partial charge on any atom is -0.397 e. The highest BCUT2D eigenvalue weighted by atomic mass is 19.3. The Bertz CT molecular complexity index is 369. The maximum absolute atomic E-state index is 12.2. The monoisotopic (exact) mass is 184 g/mol. The van der Waals surface area contributed by atoms with E-state index in [0.29, 0.717) is 0 Å². The van der Waals surface area contributed by atoms with Crippen LogP contribution in [0.25, 0.3) is 0 Å². The molecule has 68 valence electrons. The van der Waals surface area contributed by atoms with Crippen LogP contribution in [-0.2, 0) is 0 Å². The van der Waals surface area contributed by atoms with Gasteiger partial charge in [-0.1, -0.05) is 0 Å². The molecule has 0 atom stereocenters. The molecule has 0 amide bonds. The van der Waals surface area contributed by atoms with Crippen molar-refractivity contribution in [2.75, 3.05) is 11.5 Å². The van der Waals surface area contributed by atoms with E-state index in [9.17, 15) is 8.78 Å². The number of nitrogens with two attached hydrogens (primary N) is 2. The standard InChI is InChI=1S/C7H6F2N4/c8-7(9)6-4(12)1-3(11)5(2-10)13-6/h1,7H,11-12H2. The second-order valence-electron chi connectivity index (χ2n) is 2.31. The first kappa shape index (κ1) is 9.19. The van der Waals surface area contributed by atoms with Crippen LogP contribution in [0.5, 0.6) is 0 Å². The van der Waals surface area contributed by atoms with Crippen LogP contribution >= 0.6 is 0 Å². The Morgan fingerprint density at radius 1 is 1.38 bits per heavy atom.